The molecule has 0 radical (unpaired) electrons. The van der Waals surface area contributed by atoms with Crippen LogP contribution in [0.15, 0.2) is 30.8 Å². The third-order valence-electron chi connectivity index (χ3n) is 3.32. The van der Waals surface area contributed by atoms with Crippen molar-refractivity contribution in [2.75, 3.05) is 0 Å². The van der Waals surface area contributed by atoms with E-state index in [1.54, 1.807) is 0 Å². The number of carbonyl (C=O) groups is 1. The molecule has 0 heterocycles. The van der Waals surface area contributed by atoms with Crippen LogP contribution in [0.4, 0.5) is 0 Å². The zero-order chi connectivity index (χ0) is 13.9. The largest absolute Gasteiger partial charge is 0.481 e. The molecule has 2 heteroatoms. The summed E-state index contributed by atoms with van der Waals surface area (Å²) in [6, 6.07) is 8.55. The Morgan fingerprint density at radius 2 is 1.58 bits per heavy atom. The number of aryl methyl sites for hydroxylation is 1. The van der Waals surface area contributed by atoms with Gasteiger partial charge in [-0.05, 0) is 30.4 Å². The first-order valence-electron chi connectivity index (χ1n) is 7.15. The Morgan fingerprint density at radius 1 is 1.00 bits per heavy atom. The summed E-state index contributed by atoms with van der Waals surface area (Å²) in [6.07, 6.45) is 9.98. The second-order valence-corrected chi connectivity index (χ2v) is 4.96. The molecule has 0 aliphatic heterocycles. The van der Waals surface area contributed by atoms with Gasteiger partial charge < -0.3 is 5.11 Å². The van der Waals surface area contributed by atoms with E-state index in [-0.39, 0.29) is 0 Å². The Balaban J connectivity index is 2.01. The molecule has 0 bridgehead atoms. The summed E-state index contributed by atoms with van der Waals surface area (Å²) < 4.78 is 0. The van der Waals surface area contributed by atoms with Crippen LogP contribution in [0.25, 0.3) is 6.08 Å². The molecule has 1 aromatic carbocycles. The molecule has 1 N–H and O–H groups in total. The van der Waals surface area contributed by atoms with E-state index in [4.69, 9.17) is 5.11 Å². The van der Waals surface area contributed by atoms with E-state index in [9.17, 15) is 4.79 Å². The molecule has 1 rings (SSSR count). The molecule has 0 amide bonds. The first-order valence-corrected chi connectivity index (χ1v) is 7.15. The third-order valence-corrected chi connectivity index (χ3v) is 3.32. The number of hydrogen-bond acceptors (Lipinski definition) is 1. The van der Waals surface area contributed by atoms with Crippen molar-refractivity contribution in [3.63, 3.8) is 0 Å². The quantitative estimate of drug-likeness (QED) is 0.620. The number of aliphatic carboxylic acids is 1. The highest BCUT2D eigenvalue weighted by Gasteiger charge is 1.97. The van der Waals surface area contributed by atoms with Crippen molar-refractivity contribution in [2.24, 2.45) is 0 Å². The maximum atomic E-state index is 10.3. The zero-order valence-electron chi connectivity index (χ0n) is 11.6. The molecule has 0 saturated heterocycles. The van der Waals surface area contributed by atoms with E-state index < -0.39 is 5.97 Å². The van der Waals surface area contributed by atoms with Crippen molar-refractivity contribution >= 4 is 12.0 Å². The summed E-state index contributed by atoms with van der Waals surface area (Å²) in [5.41, 5.74) is 2.55. The fraction of sp³-hybridized carbons (Fsp3) is 0.471. The molecule has 0 aliphatic carbocycles. The van der Waals surface area contributed by atoms with Crippen LogP contribution in [-0.2, 0) is 11.2 Å². The van der Waals surface area contributed by atoms with Crippen LogP contribution >= 0.6 is 0 Å². The number of hydrogen-bond donors (Lipinski definition) is 1. The Hall–Kier alpha value is -1.57. The maximum absolute atomic E-state index is 10.3. The summed E-state index contributed by atoms with van der Waals surface area (Å²) >= 11 is 0. The molecule has 0 fully saturated rings. The number of unbranched alkanes of at least 4 members (excludes halogenated alkanes) is 5. The predicted molar refractivity (Wildman–Crippen MR) is 80.2 cm³/mol. The summed E-state index contributed by atoms with van der Waals surface area (Å²) in [5, 5.41) is 8.51. The topological polar surface area (TPSA) is 37.3 Å². The molecule has 0 aliphatic rings. The van der Waals surface area contributed by atoms with Gasteiger partial charge in [-0.25, -0.2) is 0 Å². The van der Waals surface area contributed by atoms with Crippen molar-refractivity contribution in [1.82, 2.24) is 0 Å². The molecule has 2 nitrogen and oxygen atoms in total. The minimum atomic E-state index is -0.678. The van der Waals surface area contributed by atoms with Crippen LogP contribution in [0.5, 0.6) is 0 Å². The van der Waals surface area contributed by atoms with Gasteiger partial charge in [0, 0.05) is 6.42 Å². The Kier molecular flexibility index (Phi) is 7.64. The van der Waals surface area contributed by atoms with Gasteiger partial charge in [0.1, 0.15) is 0 Å². The fourth-order valence-electron chi connectivity index (χ4n) is 2.13. The summed E-state index contributed by atoms with van der Waals surface area (Å²) in [6.45, 7) is 3.75. The molecule has 19 heavy (non-hydrogen) atoms. The van der Waals surface area contributed by atoms with Gasteiger partial charge in [0.15, 0.2) is 0 Å². The number of rotatable bonds is 10. The standard InChI is InChI=1S/C17H24O2/c1-2-15-11-13-16(14-12-15)9-7-5-3-4-6-8-10-17(18)19/h2,11-14H,1,3-10H2,(H,18,19). The monoisotopic (exact) mass is 260 g/mol. The van der Waals surface area contributed by atoms with E-state index >= 15 is 0 Å². The number of carboxylic acids is 1. The summed E-state index contributed by atoms with van der Waals surface area (Å²) in [7, 11) is 0. The lowest BCUT2D eigenvalue weighted by atomic mass is 10.0. The SMILES string of the molecule is C=Cc1ccc(CCCCCCCCC(=O)O)cc1. The lowest BCUT2D eigenvalue weighted by Crippen LogP contribution is -1.93. The van der Waals surface area contributed by atoms with Gasteiger partial charge >= 0.3 is 5.97 Å². The van der Waals surface area contributed by atoms with Crippen molar-refractivity contribution in [2.45, 2.75) is 51.4 Å². The third kappa shape index (κ3) is 7.45. The Labute approximate surface area is 116 Å². The normalized spacial score (nSPS) is 10.3. The highest BCUT2D eigenvalue weighted by molar-refractivity contribution is 5.66. The molecular formula is C17H24O2. The average molecular weight is 260 g/mol. The molecular weight excluding hydrogens is 236 g/mol. The van der Waals surface area contributed by atoms with E-state index in [0.29, 0.717) is 6.42 Å². The van der Waals surface area contributed by atoms with Crippen LogP contribution in [-0.4, -0.2) is 11.1 Å². The van der Waals surface area contributed by atoms with Crippen LogP contribution in [0, 0.1) is 0 Å². The fourth-order valence-corrected chi connectivity index (χ4v) is 2.13. The van der Waals surface area contributed by atoms with Crippen molar-refractivity contribution < 1.29 is 9.90 Å². The van der Waals surface area contributed by atoms with E-state index in [0.717, 1.165) is 25.7 Å². The van der Waals surface area contributed by atoms with Gasteiger partial charge in [0.05, 0.1) is 0 Å². The van der Waals surface area contributed by atoms with Crippen molar-refractivity contribution in [3.8, 4) is 0 Å². The minimum Gasteiger partial charge on any atom is -0.481 e. The molecule has 0 unspecified atom stereocenters. The Morgan fingerprint density at radius 3 is 2.16 bits per heavy atom. The average Bonchev–Trinajstić information content (AvgIpc) is 2.42. The summed E-state index contributed by atoms with van der Waals surface area (Å²) in [5.74, 6) is -0.678. The zero-order valence-corrected chi connectivity index (χ0v) is 11.6. The van der Waals surface area contributed by atoms with Crippen LogP contribution < -0.4 is 0 Å². The second kappa shape index (κ2) is 9.37. The molecule has 104 valence electrons. The van der Waals surface area contributed by atoms with Gasteiger partial charge in [0.2, 0.25) is 0 Å². The number of carboxylic acid groups (broad SMARTS) is 1. The molecule has 0 aromatic heterocycles. The van der Waals surface area contributed by atoms with E-state index in [1.165, 1.54) is 30.4 Å². The lowest BCUT2D eigenvalue weighted by Gasteiger charge is -2.03. The van der Waals surface area contributed by atoms with Crippen LogP contribution in [0.2, 0.25) is 0 Å². The van der Waals surface area contributed by atoms with Gasteiger partial charge in [-0.1, -0.05) is 62.6 Å². The highest BCUT2D eigenvalue weighted by Crippen LogP contribution is 2.12. The van der Waals surface area contributed by atoms with Crippen LogP contribution in [0.1, 0.15) is 56.1 Å². The van der Waals surface area contributed by atoms with Crippen molar-refractivity contribution in [1.29, 1.82) is 0 Å². The minimum absolute atomic E-state index is 0.315. The second-order valence-electron chi connectivity index (χ2n) is 4.96. The first-order chi connectivity index (χ1) is 9.22. The first kappa shape index (κ1) is 15.5. The molecule has 0 atom stereocenters. The van der Waals surface area contributed by atoms with Gasteiger partial charge in [0.25, 0.3) is 0 Å². The van der Waals surface area contributed by atoms with Gasteiger partial charge in [-0.2, -0.15) is 0 Å². The van der Waals surface area contributed by atoms with E-state index in [1.807, 2.05) is 6.08 Å². The van der Waals surface area contributed by atoms with Gasteiger partial charge in [-0.3, -0.25) is 4.79 Å². The highest BCUT2D eigenvalue weighted by atomic mass is 16.4. The Bertz CT molecular complexity index is 379. The molecule has 0 spiro atoms. The van der Waals surface area contributed by atoms with Crippen LogP contribution in [0.3, 0.4) is 0 Å². The predicted octanol–water partition coefficient (Wildman–Crippen LogP) is 4.69. The molecule has 0 saturated carbocycles. The summed E-state index contributed by atoms with van der Waals surface area (Å²) in [4.78, 5) is 10.3. The number of benzene rings is 1. The molecule has 1 aromatic rings. The van der Waals surface area contributed by atoms with Crippen molar-refractivity contribution in [3.05, 3.63) is 42.0 Å². The lowest BCUT2D eigenvalue weighted by molar-refractivity contribution is -0.137. The van der Waals surface area contributed by atoms with Gasteiger partial charge in [-0.15, -0.1) is 0 Å². The smallest absolute Gasteiger partial charge is 0.303 e. The van der Waals surface area contributed by atoms with E-state index in [2.05, 4.69) is 30.8 Å². The maximum Gasteiger partial charge on any atom is 0.303 e.